The van der Waals surface area contributed by atoms with Gasteiger partial charge in [0.15, 0.2) is 5.78 Å². The first-order valence-electron chi connectivity index (χ1n) is 10.1. The SMILES string of the molecule is CCc1ccc(Oc2ccc(Cl)cc2)cc1C1=C(O)[C@H]2[C@H]3CC[C@H](C3)[C@H]2C1=O. The van der Waals surface area contributed by atoms with Crippen molar-refractivity contribution in [3.05, 3.63) is 64.4 Å². The molecule has 2 aromatic carbocycles. The van der Waals surface area contributed by atoms with Crippen molar-refractivity contribution in [2.75, 3.05) is 0 Å². The molecule has 4 heteroatoms. The van der Waals surface area contributed by atoms with Crippen LogP contribution >= 0.6 is 11.6 Å². The summed E-state index contributed by atoms with van der Waals surface area (Å²) in [5.41, 5.74) is 2.42. The van der Waals surface area contributed by atoms with Gasteiger partial charge in [-0.2, -0.15) is 0 Å². The third kappa shape index (κ3) is 2.68. The molecule has 3 nitrogen and oxygen atoms in total. The minimum Gasteiger partial charge on any atom is -0.511 e. The third-order valence-corrected chi connectivity index (χ3v) is 7.07. The van der Waals surface area contributed by atoms with Gasteiger partial charge in [-0.05, 0) is 85.0 Å². The van der Waals surface area contributed by atoms with Crippen LogP contribution in [-0.2, 0) is 11.2 Å². The van der Waals surface area contributed by atoms with Gasteiger partial charge in [-0.1, -0.05) is 24.6 Å². The first-order chi connectivity index (χ1) is 13.6. The van der Waals surface area contributed by atoms with E-state index in [9.17, 15) is 9.90 Å². The predicted molar refractivity (Wildman–Crippen MR) is 110 cm³/mol. The Morgan fingerprint density at radius 3 is 2.39 bits per heavy atom. The number of hydrogen-bond donors (Lipinski definition) is 1. The number of ketones is 1. The number of carbonyl (C=O) groups is 1. The highest BCUT2D eigenvalue weighted by Gasteiger charge is 2.57. The van der Waals surface area contributed by atoms with E-state index in [2.05, 4.69) is 6.92 Å². The summed E-state index contributed by atoms with van der Waals surface area (Å²) in [5, 5.41) is 11.7. The van der Waals surface area contributed by atoms with Crippen LogP contribution in [-0.4, -0.2) is 10.9 Å². The molecule has 2 fully saturated rings. The Bertz CT molecular complexity index is 976. The molecule has 0 heterocycles. The van der Waals surface area contributed by atoms with Crippen LogP contribution in [0.25, 0.3) is 5.57 Å². The number of rotatable bonds is 4. The number of Topliss-reactive ketones (excluding diaryl/α,β-unsaturated/α-hetero) is 1. The lowest BCUT2D eigenvalue weighted by Gasteiger charge is -2.23. The van der Waals surface area contributed by atoms with Crippen molar-refractivity contribution < 1.29 is 14.6 Å². The molecule has 2 bridgehead atoms. The molecule has 2 saturated carbocycles. The van der Waals surface area contributed by atoms with Crippen molar-refractivity contribution in [1.29, 1.82) is 0 Å². The molecule has 2 aromatic rings. The first kappa shape index (κ1) is 17.8. The van der Waals surface area contributed by atoms with Gasteiger partial charge in [-0.25, -0.2) is 0 Å². The molecule has 0 radical (unpaired) electrons. The molecule has 28 heavy (non-hydrogen) atoms. The minimum absolute atomic E-state index is 0.0145. The van der Waals surface area contributed by atoms with E-state index < -0.39 is 0 Å². The van der Waals surface area contributed by atoms with Gasteiger partial charge >= 0.3 is 0 Å². The van der Waals surface area contributed by atoms with Crippen molar-refractivity contribution in [3.63, 3.8) is 0 Å². The van der Waals surface area contributed by atoms with Crippen LogP contribution in [0, 0.1) is 23.7 Å². The molecule has 0 spiro atoms. The fraction of sp³-hybridized carbons (Fsp3) is 0.375. The summed E-state index contributed by atoms with van der Waals surface area (Å²) in [6, 6.07) is 13.0. The number of aryl methyl sites for hydroxylation is 1. The van der Waals surface area contributed by atoms with Gasteiger partial charge in [0.05, 0.1) is 5.57 Å². The molecule has 4 atom stereocenters. The Balaban J connectivity index is 1.53. The summed E-state index contributed by atoms with van der Waals surface area (Å²) in [6.07, 6.45) is 4.15. The van der Waals surface area contributed by atoms with Gasteiger partial charge in [0.25, 0.3) is 0 Å². The molecule has 0 amide bonds. The van der Waals surface area contributed by atoms with E-state index in [1.807, 2.05) is 30.3 Å². The van der Waals surface area contributed by atoms with Crippen molar-refractivity contribution in [1.82, 2.24) is 0 Å². The second kappa shape index (κ2) is 6.66. The van der Waals surface area contributed by atoms with E-state index in [0.29, 0.717) is 39.7 Å². The number of ether oxygens (including phenoxy) is 1. The third-order valence-electron chi connectivity index (χ3n) is 6.82. The Morgan fingerprint density at radius 1 is 1.04 bits per heavy atom. The number of benzene rings is 2. The maximum absolute atomic E-state index is 13.3. The van der Waals surface area contributed by atoms with Crippen LogP contribution in [0.15, 0.2) is 48.2 Å². The maximum Gasteiger partial charge on any atom is 0.170 e. The minimum atomic E-state index is -0.0145. The number of carbonyl (C=O) groups excluding carboxylic acids is 1. The molecule has 144 valence electrons. The van der Waals surface area contributed by atoms with E-state index in [0.717, 1.165) is 36.8 Å². The van der Waals surface area contributed by atoms with Gasteiger partial charge in [0, 0.05) is 16.9 Å². The van der Waals surface area contributed by atoms with Crippen molar-refractivity contribution in [2.24, 2.45) is 23.7 Å². The first-order valence-corrected chi connectivity index (χ1v) is 10.5. The van der Waals surface area contributed by atoms with Crippen LogP contribution < -0.4 is 4.74 Å². The Morgan fingerprint density at radius 2 is 1.71 bits per heavy atom. The Kier molecular flexibility index (Phi) is 4.24. The van der Waals surface area contributed by atoms with E-state index in [-0.39, 0.29) is 17.6 Å². The summed E-state index contributed by atoms with van der Waals surface area (Å²) < 4.78 is 5.98. The van der Waals surface area contributed by atoms with Crippen LogP contribution in [0.4, 0.5) is 0 Å². The Labute approximate surface area is 170 Å². The summed E-state index contributed by atoms with van der Waals surface area (Å²) in [5.74, 6) is 2.73. The second-order valence-electron chi connectivity index (χ2n) is 8.24. The van der Waals surface area contributed by atoms with Gasteiger partial charge in [0.2, 0.25) is 0 Å². The lowest BCUT2D eigenvalue weighted by Crippen LogP contribution is -2.24. The number of fused-ring (bicyclic) bond motifs is 5. The lowest BCUT2D eigenvalue weighted by atomic mass is 9.80. The normalized spacial score (nSPS) is 28.1. The van der Waals surface area contributed by atoms with Gasteiger partial charge in [-0.15, -0.1) is 0 Å². The zero-order chi connectivity index (χ0) is 19.4. The Hall–Kier alpha value is -2.26. The zero-order valence-corrected chi connectivity index (χ0v) is 16.6. The molecular weight excluding hydrogens is 372 g/mol. The summed E-state index contributed by atoms with van der Waals surface area (Å²) in [4.78, 5) is 13.3. The molecule has 3 aliphatic carbocycles. The quantitative estimate of drug-likeness (QED) is 0.670. The molecule has 0 saturated heterocycles. The van der Waals surface area contributed by atoms with Crippen LogP contribution in [0.3, 0.4) is 0 Å². The van der Waals surface area contributed by atoms with Gasteiger partial charge in [-0.3, -0.25) is 4.79 Å². The molecule has 5 rings (SSSR count). The standard InChI is InChI=1S/C24H23ClO3/c1-2-13-5-8-18(28-17-9-6-16(25)7-10-17)12-19(13)22-23(26)20-14-3-4-15(11-14)21(20)24(22)27/h5-10,12,14-15,20-21,26H,2-4,11H2,1H3/t14-,15+,20-,21+/m0/s1. The molecule has 0 aliphatic heterocycles. The smallest absolute Gasteiger partial charge is 0.170 e. The maximum atomic E-state index is 13.3. The van der Waals surface area contributed by atoms with E-state index >= 15 is 0 Å². The van der Waals surface area contributed by atoms with E-state index in [1.165, 1.54) is 0 Å². The number of allylic oxidation sites excluding steroid dienone is 2. The van der Waals surface area contributed by atoms with Crippen molar-refractivity contribution in [3.8, 4) is 11.5 Å². The van der Waals surface area contributed by atoms with Crippen molar-refractivity contribution >= 4 is 23.0 Å². The number of halogens is 1. The highest BCUT2D eigenvalue weighted by molar-refractivity contribution is 6.30. The average molecular weight is 395 g/mol. The molecule has 0 aromatic heterocycles. The highest BCUT2D eigenvalue weighted by atomic mass is 35.5. The molecule has 3 aliphatic rings. The largest absolute Gasteiger partial charge is 0.511 e. The second-order valence-corrected chi connectivity index (χ2v) is 8.67. The number of aliphatic hydroxyl groups excluding tert-OH is 1. The average Bonchev–Trinajstić information content (AvgIpc) is 3.37. The molecular formula is C24H23ClO3. The summed E-state index contributed by atoms with van der Waals surface area (Å²) >= 11 is 5.95. The predicted octanol–water partition coefficient (Wildman–Crippen LogP) is 6.21. The van der Waals surface area contributed by atoms with Crippen molar-refractivity contribution in [2.45, 2.75) is 32.6 Å². The fourth-order valence-electron chi connectivity index (χ4n) is 5.59. The summed E-state index contributed by atoms with van der Waals surface area (Å²) in [6.45, 7) is 2.07. The van der Waals surface area contributed by atoms with Crippen LogP contribution in [0.1, 0.15) is 37.3 Å². The topological polar surface area (TPSA) is 46.5 Å². The van der Waals surface area contributed by atoms with Crippen LogP contribution in [0.5, 0.6) is 11.5 Å². The lowest BCUT2D eigenvalue weighted by molar-refractivity contribution is -0.118. The summed E-state index contributed by atoms with van der Waals surface area (Å²) in [7, 11) is 0. The highest BCUT2D eigenvalue weighted by Crippen LogP contribution is 2.60. The van der Waals surface area contributed by atoms with E-state index in [4.69, 9.17) is 16.3 Å². The monoisotopic (exact) mass is 394 g/mol. The fourth-order valence-corrected chi connectivity index (χ4v) is 5.72. The van der Waals surface area contributed by atoms with Gasteiger partial charge < -0.3 is 9.84 Å². The zero-order valence-electron chi connectivity index (χ0n) is 15.8. The molecule has 1 N–H and O–H groups in total. The number of aliphatic hydroxyl groups is 1. The van der Waals surface area contributed by atoms with Gasteiger partial charge in [0.1, 0.15) is 17.3 Å². The van der Waals surface area contributed by atoms with Crippen LogP contribution in [0.2, 0.25) is 5.02 Å². The molecule has 0 unspecified atom stereocenters. The van der Waals surface area contributed by atoms with E-state index in [1.54, 1.807) is 12.1 Å². The number of hydrogen-bond acceptors (Lipinski definition) is 3.